The molecule has 0 spiro atoms. The second-order valence-corrected chi connectivity index (χ2v) is 7.33. The lowest BCUT2D eigenvalue weighted by Crippen LogP contribution is -2.33. The number of hydrogen-bond donors (Lipinski definition) is 3. The Bertz CT molecular complexity index is 645. The Kier molecular flexibility index (Phi) is 8.17. The Morgan fingerprint density at radius 1 is 1.21 bits per heavy atom. The number of carbonyl (C=O) groups excluding carboxylic acids is 1. The third-order valence-corrected chi connectivity index (χ3v) is 4.80. The van der Waals surface area contributed by atoms with Crippen LogP contribution in [-0.2, 0) is 10.0 Å². The maximum Gasteiger partial charge on any atom is 0.251 e. The van der Waals surface area contributed by atoms with Crippen LogP contribution < -0.4 is 20.1 Å². The monoisotopic (exact) mass is 357 g/mol. The molecule has 8 heteroatoms. The van der Waals surface area contributed by atoms with Gasteiger partial charge in [-0.2, -0.15) is 0 Å². The largest absolute Gasteiger partial charge is 0.495 e. The molecule has 1 aromatic rings. The first-order valence-corrected chi connectivity index (χ1v) is 9.49. The molecule has 3 N–H and O–H groups in total. The minimum atomic E-state index is -3.76. The Morgan fingerprint density at radius 2 is 1.92 bits per heavy atom. The SMILES string of the molecule is CCCNCCNC(=O)c1ccc(OC)c(S(=O)(=O)NC(C)C)c1. The summed E-state index contributed by atoms with van der Waals surface area (Å²) >= 11 is 0. The van der Waals surface area contributed by atoms with Gasteiger partial charge in [0.25, 0.3) is 5.91 Å². The third kappa shape index (κ3) is 6.10. The molecule has 0 aliphatic rings. The Hall–Kier alpha value is -1.64. The molecule has 7 nitrogen and oxygen atoms in total. The van der Waals surface area contributed by atoms with E-state index in [0.717, 1.165) is 13.0 Å². The fourth-order valence-corrected chi connectivity index (χ4v) is 3.52. The highest BCUT2D eigenvalue weighted by atomic mass is 32.2. The topological polar surface area (TPSA) is 96.5 Å². The number of nitrogens with one attached hydrogen (secondary N) is 3. The molecule has 0 heterocycles. The maximum absolute atomic E-state index is 12.4. The zero-order valence-corrected chi connectivity index (χ0v) is 15.5. The van der Waals surface area contributed by atoms with Crippen molar-refractivity contribution in [2.24, 2.45) is 0 Å². The smallest absolute Gasteiger partial charge is 0.251 e. The number of sulfonamides is 1. The number of amides is 1. The highest BCUT2D eigenvalue weighted by Gasteiger charge is 2.22. The normalized spacial score (nSPS) is 11.5. The van der Waals surface area contributed by atoms with Crippen LogP contribution in [0.15, 0.2) is 23.1 Å². The summed E-state index contributed by atoms with van der Waals surface area (Å²) in [6.07, 6.45) is 1.02. The zero-order chi connectivity index (χ0) is 18.2. The van der Waals surface area contributed by atoms with E-state index in [2.05, 4.69) is 22.3 Å². The second-order valence-electron chi connectivity index (χ2n) is 5.65. The summed E-state index contributed by atoms with van der Waals surface area (Å²) in [7, 11) is -2.37. The predicted molar refractivity (Wildman–Crippen MR) is 93.9 cm³/mol. The van der Waals surface area contributed by atoms with Crippen molar-refractivity contribution in [2.75, 3.05) is 26.7 Å². The first kappa shape index (κ1) is 20.4. The van der Waals surface area contributed by atoms with Crippen LogP contribution in [0.3, 0.4) is 0 Å². The van der Waals surface area contributed by atoms with Gasteiger partial charge in [-0.25, -0.2) is 13.1 Å². The van der Waals surface area contributed by atoms with Gasteiger partial charge in [0.15, 0.2) is 0 Å². The first-order valence-electron chi connectivity index (χ1n) is 8.01. The molecule has 0 aromatic heterocycles. The summed E-state index contributed by atoms with van der Waals surface area (Å²) in [6.45, 7) is 7.54. The molecule has 0 radical (unpaired) electrons. The predicted octanol–water partition coefficient (Wildman–Crippen LogP) is 1.11. The van der Waals surface area contributed by atoms with Gasteiger partial charge in [-0.3, -0.25) is 4.79 Å². The van der Waals surface area contributed by atoms with Gasteiger partial charge in [-0.15, -0.1) is 0 Å². The highest BCUT2D eigenvalue weighted by Crippen LogP contribution is 2.25. The van der Waals surface area contributed by atoms with Gasteiger partial charge in [-0.1, -0.05) is 6.92 Å². The van der Waals surface area contributed by atoms with Gasteiger partial charge in [0, 0.05) is 24.7 Å². The maximum atomic E-state index is 12.4. The molecule has 1 rings (SSSR count). The molecule has 0 aliphatic heterocycles. The molecule has 0 atom stereocenters. The number of benzene rings is 1. The minimum Gasteiger partial charge on any atom is -0.495 e. The first-order chi connectivity index (χ1) is 11.3. The van der Waals surface area contributed by atoms with Crippen molar-refractivity contribution in [3.63, 3.8) is 0 Å². The molecule has 1 aromatic carbocycles. The van der Waals surface area contributed by atoms with Crippen molar-refractivity contribution < 1.29 is 17.9 Å². The van der Waals surface area contributed by atoms with Crippen molar-refractivity contribution in [2.45, 2.75) is 38.1 Å². The fourth-order valence-electron chi connectivity index (χ4n) is 2.07. The van der Waals surface area contributed by atoms with Gasteiger partial charge >= 0.3 is 0 Å². The number of methoxy groups -OCH3 is 1. The van der Waals surface area contributed by atoms with Crippen LogP contribution in [0.5, 0.6) is 5.75 Å². The van der Waals surface area contributed by atoms with Gasteiger partial charge in [-0.05, 0) is 45.0 Å². The molecule has 0 bridgehead atoms. The summed E-state index contributed by atoms with van der Waals surface area (Å²) in [5, 5.41) is 5.93. The number of carbonyl (C=O) groups is 1. The molecule has 0 saturated heterocycles. The number of ether oxygens (including phenoxy) is 1. The van der Waals surface area contributed by atoms with Crippen LogP contribution in [-0.4, -0.2) is 47.1 Å². The van der Waals surface area contributed by atoms with Crippen LogP contribution in [0.1, 0.15) is 37.6 Å². The average Bonchev–Trinajstić information content (AvgIpc) is 2.52. The van der Waals surface area contributed by atoms with E-state index in [1.165, 1.54) is 19.2 Å². The van der Waals surface area contributed by atoms with E-state index in [0.29, 0.717) is 13.1 Å². The second kappa shape index (κ2) is 9.61. The molecular formula is C16H27N3O4S. The van der Waals surface area contributed by atoms with Gasteiger partial charge < -0.3 is 15.4 Å². The molecular weight excluding hydrogens is 330 g/mol. The average molecular weight is 357 g/mol. The van der Waals surface area contributed by atoms with Crippen molar-refractivity contribution >= 4 is 15.9 Å². The van der Waals surface area contributed by atoms with E-state index in [1.807, 2.05) is 0 Å². The lowest BCUT2D eigenvalue weighted by atomic mass is 10.2. The van der Waals surface area contributed by atoms with Gasteiger partial charge in [0.2, 0.25) is 10.0 Å². The van der Waals surface area contributed by atoms with Crippen molar-refractivity contribution in [1.29, 1.82) is 0 Å². The number of hydrogen-bond acceptors (Lipinski definition) is 5. The Morgan fingerprint density at radius 3 is 2.50 bits per heavy atom. The van der Waals surface area contributed by atoms with Crippen LogP contribution in [0, 0.1) is 0 Å². The van der Waals surface area contributed by atoms with Crippen molar-refractivity contribution in [3.8, 4) is 5.75 Å². The van der Waals surface area contributed by atoms with E-state index < -0.39 is 10.0 Å². The molecule has 24 heavy (non-hydrogen) atoms. The molecule has 136 valence electrons. The lowest BCUT2D eigenvalue weighted by molar-refractivity contribution is 0.0953. The summed E-state index contributed by atoms with van der Waals surface area (Å²) in [6, 6.07) is 4.10. The van der Waals surface area contributed by atoms with Crippen LogP contribution in [0.2, 0.25) is 0 Å². The van der Waals surface area contributed by atoms with E-state index in [1.54, 1.807) is 19.9 Å². The van der Waals surface area contributed by atoms with Crippen LogP contribution in [0.25, 0.3) is 0 Å². The fraction of sp³-hybridized carbons (Fsp3) is 0.562. The highest BCUT2D eigenvalue weighted by molar-refractivity contribution is 7.89. The lowest BCUT2D eigenvalue weighted by Gasteiger charge is -2.14. The van der Waals surface area contributed by atoms with E-state index in [4.69, 9.17) is 4.74 Å². The molecule has 0 unspecified atom stereocenters. The standard InChI is InChI=1S/C16H27N3O4S/c1-5-8-17-9-10-18-16(20)13-6-7-14(23-4)15(11-13)24(21,22)19-12(2)3/h6-7,11-12,17,19H,5,8-10H2,1-4H3,(H,18,20). The summed E-state index contributed by atoms with van der Waals surface area (Å²) in [4.78, 5) is 12.1. The number of rotatable bonds is 10. The molecule has 0 aliphatic carbocycles. The van der Waals surface area contributed by atoms with Crippen LogP contribution >= 0.6 is 0 Å². The molecule has 1 amide bonds. The summed E-state index contributed by atoms with van der Waals surface area (Å²) < 4.78 is 32.4. The van der Waals surface area contributed by atoms with Crippen molar-refractivity contribution in [1.82, 2.24) is 15.4 Å². The minimum absolute atomic E-state index is 0.0459. The zero-order valence-electron chi connectivity index (χ0n) is 14.7. The van der Waals surface area contributed by atoms with Gasteiger partial charge in [0.05, 0.1) is 7.11 Å². The third-order valence-electron chi connectivity index (χ3n) is 3.12. The Balaban J connectivity index is 2.91. The quantitative estimate of drug-likeness (QED) is 0.545. The van der Waals surface area contributed by atoms with Gasteiger partial charge in [0.1, 0.15) is 10.6 Å². The summed E-state index contributed by atoms with van der Waals surface area (Å²) in [5.41, 5.74) is 0.274. The molecule has 0 saturated carbocycles. The summed E-state index contributed by atoms with van der Waals surface area (Å²) in [5.74, 6) is -0.124. The van der Waals surface area contributed by atoms with E-state index in [9.17, 15) is 13.2 Å². The van der Waals surface area contributed by atoms with E-state index >= 15 is 0 Å². The van der Waals surface area contributed by atoms with Crippen LogP contribution in [0.4, 0.5) is 0 Å². The van der Waals surface area contributed by atoms with Crippen molar-refractivity contribution in [3.05, 3.63) is 23.8 Å². The Labute approximate surface area is 144 Å². The molecule has 0 fully saturated rings. The van der Waals surface area contributed by atoms with E-state index in [-0.39, 0.29) is 28.2 Å².